The third kappa shape index (κ3) is 5.12. The molecule has 0 unspecified atom stereocenters. The number of aliphatic imine (C=N–C) groups is 1. The summed E-state index contributed by atoms with van der Waals surface area (Å²) in [5.41, 5.74) is 8.47. The van der Waals surface area contributed by atoms with Gasteiger partial charge in [0.05, 0.1) is 5.69 Å². The second-order valence-electron chi connectivity index (χ2n) is 4.02. The molecule has 1 heterocycles. The number of aryl methyl sites for hydroxylation is 1. The molecule has 0 aliphatic heterocycles. The van der Waals surface area contributed by atoms with Gasteiger partial charge < -0.3 is 16.1 Å². The summed E-state index contributed by atoms with van der Waals surface area (Å²) in [5, 5.41) is 10.7. The maximum atomic E-state index is 5.03. The summed E-state index contributed by atoms with van der Waals surface area (Å²) in [5.74, 6) is 0. The fraction of sp³-hybridized carbons (Fsp3) is 0.333. The van der Waals surface area contributed by atoms with Crippen molar-refractivity contribution in [1.82, 2.24) is 31.3 Å². The van der Waals surface area contributed by atoms with Gasteiger partial charge in [-0.3, -0.25) is 10.1 Å². The van der Waals surface area contributed by atoms with Gasteiger partial charge in [-0.1, -0.05) is 0 Å². The topological polar surface area (TPSA) is 78.3 Å². The summed E-state index contributed by atoms with van der Waals surface area (Å²) in [7, 11) is 5.33. The van der Waals surface area contributed by atoms with E-state index in [1.54, 1.807) is 31.2 Å². The number of allylic oxidation sites excluding steroid dienone is 2. The summed E-state index contributed by atoms with van der Waals surface area (Å²) in [6.07, 6.45) is 3.40. The Morgan fingerprint density at radius 3 is 2.52 bits per heavy atom. The second kappa shape index (κ2) is 8.32. The molecule has 4 N–H and O–H groups in total. The molecular formula is C12H19N7S2. The fourth-order valence-corrected chi connectivity index (χ4v) is 1.56. The Morgan fingerprint density at radius 2 is 2.00 bits per heavy atom. The standard InChI is InChI=1S/C12H19N7S2/c1-8(17-18-12(21)14-3)9(7-15-11(20)13-2)10-5-6-16-19(10)4/h5-7,17H,1-4H3,(H,13,20)(H2,14,18,21)/b9-8+,15-7+. The van der Waals surface area contributed by atoms with Crippen molar-refractivity contribution in [2.75, 3.05) is 14.1 Å². The van der Waals surface area contributed by atoms with Crippen molar-refractivity contribution in [1.29, 1.82) is 0 Å². The van der Waals surface area contributed by atoms with Crippen LogP contribution >= 0.6 is 24.4 Å². The first-order valence-corrected chi connectivity index (χ1v) is 7.00. The predicted molar refractivity (Wildman–Crippen MR) is 93.9 cm³/mol. The Hall–Kier alpha value is -2.00. The van der Waals surface area contributed by atoms with Crippen LogP contribution in [-0.2, 0) is 7.05 Å². The Bertz CT molecular complexity index is 574. The van der Waals surface area contributed by atoms with Crippen LogP contribution in [-0.4, -0.2) is 40.3 Å². The van der Waals surface area contributed by atoms with Crippen LogP contribution in [0.5, 0.6) is 0 Å². The molecule has 0 aromatic carbocycles. The molecule has 0 saturated heterocycles. The minimum absolute atomic E-state index is 0.404. The highest BCUT2D eigenvalue weighted by atomic mass is 32.1. The van der Waals surface area contributed by atoms with Crippen molar-refractivity contribution in [2.24, 2.45) is 12.0 Å². The fourth-order valence-electron chi connectivity index (χ4n) is 1.46. The lowest BCUT2D eigenvalue weighted by molar-refractivity contribution is 0.742. The van der Waals surface area contributed by atoms with Crippen LogP contribution in [0.4, 0.5) is 0 Å². The molecular weight excluding hydrogens is 306 g/mol. The van der Waals surface area contributed by atoms with Gasteiger partial charge in [-0.15, -0.1) is 0 Å². The molecule has 1 rings (SSSR count). The minimum atomic E-state index is 0.404. The first-order valence-electron chi connectivity index (χ1n) is 6.18. The zero-order chi connectivity index (χ0) is 15.8. The molecule has 0 fully saturated rings. The van der Waals surface area contributed by atoms with Crippen LogP contribution in [0.3, 0.4) is 0 Å². The molecule has 0 bridgehead atoms. The Balaban J connectivity index is 3.06. The Labute approximate surface area is 134 Å². The van der Waals surface area contributed by atoms with Crippen molar-refractivity contribution in [3.8, 4) is 0 Å². The van der Waals surface area contributed by atoms with E-state index < -0.39 is 0 Å². The third-order valence-electron chi connectivity index (χ3n) is 2.62. The van der Waals surface area contributed by atoms with Gasteiger partial charge in [0, 0.05) is 44.8 Å². The summed E-state index contributed by atoms with van der Waals surface area (Å²) >= 11 is 10.0. The van der Waals surface area contributed by atoms with E-state index in [0.29, 0.717) is 10.2 Å². The molecule has 0 spiro atoms. The van der Waals surface area contributed by atoms with E-state index in [-0.39, 0.29) is 0 Å². The quantitative estimate of drug-likeness (QED) is 0.361. The van der Waals surface area contributed by atoms with E-state index in [1.165, 1.54) is 0 Å². The molecule has 7 nitrogen and oxygen atoms in total. The predicted octanol–water partition coefficient (Wildman–Crippen LogP) is 0.325. The number of aromatic nitrogens is 2. The van der Waals surface area contributed by atoms with Crippen LogP contribution in [0, 0.1) is 0 Å². The Kier molecular flexibility index (Phi) is 6.76. The average molecular weight is 325 g/mol. The first kappa shape index (κ1) is 17.1. The van der Waals surface area contributed by atoms with E-state index in [0.717, 1.165) is 17.0 Å². The van der Waals surface area contributed by atoms with Crippen LogP contribution in [0.15, 0.2) is 23.0 Å². The average Bonchev–Trinajstić information content (AvgIpc) is 2.90. The van der Waals surface area contributed by atoms with Gasteiger partial charge in [0.2, 0.25) is 0 Å². The summed E-state index contributed by atoms with van der Waals surface area (Å²) in [4.78, 5) is 4.19. The number of hydrogen-bond acceptors (Lipinski definition) is 4. The van der Waals surface area contributed by atoms with Crippen LogP contribution < -0.4 is 21.5 Å². The molecule has 0 saturated carbocycles. The summed E-state index contributed by atoms with van der Waals surface area (Å²) in [6.45, 7) is 1.90. The molecule has 0 aliphatic rings. The molecule has 9 heteroatoms. The van der Waals surface area contributed by atoms with E-state index in [4.69, 9.17) is 24.4 Å². The van der Waals surface area contributed by atoms with Crippen molar-refractivity contribution in [3.63, 3.8) is 0 Å². The maximum Gasteiger partial charge on any atom is 0.192 e. The van der Waals surface area contributed by atoms with Crippen LogP contribution in [0.25, 0.3) is 5.57 Å². The lowest BCUT2D eigenvalue weighted by atomic mass is 10.1. The molecule has 0 amide bonds. The van der Waals surface area contributed by atoms with Gasteiger partial charge in [-0.25, -0.2) is 4.99 Å². The van der Waals surface area contributed by atoms with Crippen molar-refractivity contribution >= 4 is 46.4 Å². The van der Waals surface area contributed by atoms with Gasteiger partial charge in [-0.2, -0.15) is 5.10 Å². The van der Waals surface area contributed by atoms with E-state index in [1.807, 2.05) is 20.0 Å². The smallest absolute Gasteiger partial charge is 0.192 e. The highest BCUT2D eigenvalue weighted by Gasteiger charge is 2.08. The monoisotopic (exact) mass is 325 g/mol. The lowest BCUT2D eigenvalue weighted by Gasteiger charge is -2.13. The normalized spacial score (nSPS) is 11.8. The summed E-state index contributed by atoms with van der Waals surface area (Å²) < 4.78 is 1.76. The molecule has 0 atom stereocenters. The molecule has 114 valence electrons. The molecule has 21 heavy (non-hydrogen) atoms. The highest BCUT2D eigenvalue weighted by molar-refractivity contribution is 7.80. The molecule has 0 aliphatic carbocycles. The number of rotatable bonds is 4. The second-order valence-corrected chi connectivity index (χ2v) is 4.82. The van der Waals surface area contributed by atoms with E-state index in [9.17, 15) is 0 Å². The SMILES string of the molecule is CNC(=S)/N=C/C(=C(/C)NNC(=S)NC)c1ccnn1C. The van der Waals surface area contributed by atoms with E-state index in [2.05, 4.69) is 31.6 Å². The minimum Gasteiger partial charge on any atom is -0.364 e. The number of nitrogens with one attached hydrogen (secondary N) is 4. The number of nitrogens with zero attached hydrogens (tertiary/aromatic N) is 3. The highest BCUT2D eigenvalue weighted by Crippen LogP contribution is 2.14. The first-order chi connectivity index (χ1) is 9.99. The number of thiocarbonyl (C=S) groups is 2. The van der Waals surface area contributed by atoms with Gasteiger partial charge >= 0.3 is 0 Å². The van der Waals surface area contributed by atoms with Gasteiger partial charge in [0.1, 0.15) is 0 Å². The van der Waals surface area contributed by atoms with Crippen molar-refractivity contribution in [3.05, 3.63) is 23.7 Å². The van der Waals surface area contributed by atoms with Crippen LogP contribution in [0.2, 0.25) is 0 Å². The molecule has 1 aromatic rings. The molecule has 0 radical (unpaired) electrons. The largest absolute Gasteiger partial charge is 0.364 e. The van der Waals surface area contributed by atoms with Crippen molar-refractivity contribution < 1.29 is 0 Å². The van der Waals surface area contributed by atoms with Gasteiger partial charge in [0.25, 0.3) is 0 Å². The van der Waals surface area contributed by atoms with Gasteiger partial charge in [0.15, 0.2) is 10.2 Å². The number of hydrogen-bond donors (Lipinski definition) is 4. The van der Waals surface area contributed by atoms with Crippen LogP contribution in [0.1, 0.15) is 12.6 Å². The zero-order valence-corrected chi connectivity index (χ0v) is 14.0. The lowest BCUT2D eigenvalue weighted by Crippen LogP contribution is -2.41. The number of hydrazine groups is 1. The Morgan fingerprint density at radius 1 is 1.29 bits per heavy atom. The van der Waals surface area contributed by atoms with Crippen molar-refractivity contribution in [2.45, 2.75) is 6.92 Å². The van der Waals surface area contributed by atoms with E-state index >= 15 is 0 Å². The molecule has 1 aromatic heterocycles. The zero-order valence-electron chi connectivity index (χ0n) is 12.4. The summed E-state index contributed by atoms with van der Waals surface area (Å²) in [6, 6.07) is 1.89. The maximum absolute atomic E-state index is 5.03. The van der Waals surface area contributed by atoms with Gasteiger partial charge in [-0.05, 0) is 37.4 Å². The third-order valence-corrected chi connectivity index (χ3v) is 3.23.